The zero-order chi connectivity index (χ0) is 24.2. The minimum atomic E-state index is -4.26. The van der Waals surface area contributed by atoms with E-state index in [2.05, 4.69) is 26.7 Å². The average molecular weight is 507 g/mol. The maximum atomic E-state index is 12.9. The Kier molecular flexibility index (Phi) is 6.16. The number of hydrogen-bond acceptors (Lipinski definition) is 5. The van der Waals surface area contributed by atoms with Gasteiger partial charge in [0, 0.05) is 25.3 Å². The zero-order valence-corrected chi connectivity index (χ0v) is 21.0. The first-order valence-corrected chi connectivity index (χ1v) is 13.9. The van der Waals surface area contributed by atoms with Gasteiger partial charge in [0.1, 0.15) is 5.82 Å². The number of alkyl halides is 3. The molecule has 1 aromatic heterocycles. The van der Waals surface area contributed by atoms with E-state index in [0.29, 0.717) is 24.0 Å². The number of nitrogens with zero attached hydrogens (tertiary/aromatic N) is 4. The summed E-state index contributed by atoms with van der Waals surface area (Å²) in [5.41, 5.74) is 0.775. The van der Waals surface area contributed by atoms with Crippen molar-refractivity contribution in [2.45, 2.75) is 80.3 Å². The normalized spacial score (nSPS) is 32.6. The van der Waals surface area contributed by atoms with Crippen LogP contribution in [0, 0.1) is 5.41 Å². The van der Waals surface area contributed by atoms with E-state index in [9.17, 15) is 13.2 Å². The Morgan fingerprint density at radius 2 is 1.86 bits per heavy atom. The Balaban J connectivity index is 0.957. The van der Waals surface area contributed by atoms with Gasteiger partial charge in [0.2, 0.25) is 0 Å². The maximum absolute atomic E-state index is 12.9. The molecule has 3 saturated heterocycles. The van der Waals surface area contributed by atoms with Crippen LogP contribution in [0.5, 0.6) is 0 Å². The van der Waals surface area contributed by atoms with Crippen molar-refractivity contribution in [2.24, 2.45) is 12.5 Å². The molecular weight excluding hydrogens is 473 g/mol. The van der Waals surface area contributed by atoms with Crippen LogP contribution in [0.2, 0.25) is 0 Å². The molecule has 0 N–H and O–H groups in total. The first-order valence-electron chi connectivity index (χ1n) is 12.9. The molecule has 2 aromatic rings. The van der Waals surface area contributed by atoms with Crippen LogP contribution in [0.25, 0.3) is 0 Å². The van der Waals surface area contributed by atoms with Crippen LogP contribution in [0.3, 0.4) is 0 Å². The van der Waals surface area contributed by atoms with Crippen LogP contribution < -0.4 is 0 Å². The van der Waals surface area contributed by atoms with Gasteiger partial charge >= 0.3 is 6.18 Å². The van der Waals surface area contributed by atoms with Crippen LogP contribution in [-0.4, -0.2) is 57.3 Å². The molecule has 4 unspecified atom stereocenters. The van der Waals surface area contributed by atoms with Crippen molar-refractivity contribution in [1.82, 2.24) is 19.7 Å². The van der Waals surface area contributed by atoms with Crippen molar-refractivity contribution in [3.05, 3.63) is 41.2 Å². The summed E-state index contributed by atoms with van der Waals surface area (Å²) in [7, 11) is 2.09. The van der Waals surface area contributed by atoms with Crippen molar-refractivity contribution in [3.8, 4) is 0 Å². The number of hydrogen-bond donors (Lipinski definition) is 0. The predicted molar refractivity (Wildman–Crippen MR) is 129 cm³/mol. The third-order valence-corrected chi connectivity index (χ3v) is 9.77. The molecule has 0 amide bonds. The zero-order valence-electron chi connectivity index (χ0n) is 20.1. The van der Waals surface area contributed by atoms with Gasteiger partial charge in [-0.3, -0.25) is 0 Å². The molecule has 2 bridgehead atoms. The summed E-state index contributed by atoms with van der Waals surface area (Å²) in [6.07, 6.45) is 4.38. The Morgan fingerprint density at radius 3 is 2.57 bits per heavy atom. The Labute approximate surface area is 208 Å². The lowest BCUT2D eigenvalue weighted by molar-refractivity contribution is -0.137. The fourth-order valence-corrected chi connectivity index (χ4v) is 7.52. The third-order valence-electron chi connectivity index (χ3n) is 8.67. The molecule has 5 nitrogen and oxygen atoms in total. The van der Waals surface area contributed by atoms with Gasteiger partial charge in [0.25, 0.3) is 0 Å². The highest BCUT2D eigenvalue weighted by molar-refractivity contribution is 7.99. The molecule has 0 radical (unpaired) electrons. The largest absolute Gasteiger partial charge is 0.416 e. The van der Waals surface area contributed by atoms with Crippen molar-refractivity contribution in [2.75, 3.05) is 25.4 Å². The monoisotopic (exact) mass is 506 g/mol. The molecule has 4 fully saturated rings. The number of aromatic nitrogens is 3. The van der Waals surface area contributed by atoms with E-state index < -0.39 is 11.7 Å². The number of ether oxygens (including phenoxy) is 1. The molecular formula is C26H33F3N4OS. The van der Waals surface area contributed by atoms with E-state index in [0.717, 1.165) is 74.0 Å². The molecule has 1 aliphatic carbocycles. The van der Waals surface area contributed by atoms with Gasteiger partial charge in [0.15, 0.2) is 5.16 Å². The molecule has 4 aliphatic rings. The lowest BCUT2D eigenvalue weighted by atomic mass is 9.95. The second-order valence-corrected chi connectivity index (χ2v) is 12.1. The van der Waals surface area contributed by atoms with Crippen molar-refractivity contribution >= 4 is 11.8 Å². The molecule has 35 heavy (non-hydrogen) atoms. The number of likely N-dealkylation sites (tertiary alicyclic amines) is 1. The number of halogens is 3. The topological polar surface area (TPSA) is 43.2 Å². The van der Waals surface area contributed by atoms with E-state index in [4.69, 9.17) is 4.74 Å². The lowest BCUT2D eigenvalue weighted by Gasteiger charge is -2.27. The highest BCUT2D eigenvalue weighted by Crippen LogP contribution is 2.64. The van der Waals surface area contributed by atoms with E-state index in [-0.39, 0.29) is 5.41 Å². The summed E-state index contributed by atoms with van der Waals surface area (Å²) in [5, 5.41) is 10.0. The molecule has 1 saturated carbocycles. The molecule has 4 atom stereocenters. The number of fused-ring (bicyclic) bond motifs is 2. The van der Waals surface area contributed by atoms with Crippen LogP contribution >= 0.6 is 11.8 Å². The van der Waals surface area contributed by atoms with E-state index >= 15 is 0 Å². The smallest absolute Gasteiger partial charge is 0.375 e. The second kappa shape index (κ2) is 9.06. The fraction of sp³-hybridized carbons (Fsp3) is 0.692. The summed E-state index contributed by atoms with van der Waals surface area (Å²) in [6.45, 7) is 3.20. The lowest BCUT2D eigenvalue weighted by Crippen LogP contribution is -2.25. The standard InChI is InChI=1S/C26H33F3N4OS/c1-32-23(18-13-20-7-8-21(14-18)34-20)30-31-24(32)35-12-2-10-33-11-9-25(16-33)15-22(25)17-3-5-19(6-4-17)26(27,28)29/h3-6,18,20-22H,2,7-16H2,1H3. The van der Waals surface area contributed by atoms with Gasteiger partial charge < -0.3 is 14.2 Å². The van der Waals surface area contributed by atoms with Crippen LogP contribution in [0.4, 0.5) is 13.2 Å². The first kappa shape index (κ1) is 23.8. The van der Waals surface area contributed by atoms with Crippen molar-refractivity contribution in [1.29, 1.82) is 0 Å². The van der Waals surface area contributed by atoms with Gasteiger partial charge in [-0.25, -0.2) is 0 Å². The molecule has 1 spiro atoms. The molecule has 1 aromatic carbocycles. The second-order valence-electron chi connectivity index (χ2n) is 11.0. The summed E-state index contributed by atoms with van der Waals surface area (Å²) < 4.78 is 46.7. The van der Waals surface area contributed by atoms with Gasteiger partial charge in [-0.1, -0.05) is 23.9 Å². The van der Waals surface area contributed by atoms with Crippen LogP contribution in [0.15, 0.2) is 29.4 Å². The van der Waals surface area contributed by atoms with Crippen LogP contribution in [-0.2, 0) is 18.0 Å². The van der Waals surface area contributed by atoms with Crippen molar-refractivity contribution in [3.63, 3.8) is 0 Å². The number of rotatable bonds is 7. The fourth-order valence-electron chi connectivity index (χ4n) is 6.68. The predicted octanol–water partition coefficient (Wildman–Crippen LogP) is 5.62. The molecule has 3 aliphatic heterocycles. The Hall–Kier alpha value is -1.58. The van der Waals surface area contributed by atoms with E-state index in [1.807, 2.05) is 0 Å². The van der Waals surface area contributed by atoms with Gasteiger partial charge in [-0.15, -0.1) is 10.2 Å². The minimum Gasteiger partial charge on any atom is -0.375 e. The minimum absolute atomic E-state index is 0.272. The quantitative estimate of drug-likeness (QED) is 0.360. The highest BCUT2D eigenvalue weighted by atomic mass is 32.2. The van der Waals surface area contributed by atoms with Gasteiger partial charge in [0.05, 0.1) is 17.8 Å². The summed E-state index contributed by atoms with van der Waals surface area (Å²) in [6, 6.07) is 5.83. The van der Waals surface area contributed by atoms with Gasteiger partial charge in [-0.05, 0) is 87.1 Å². The molecule has 9 heteroatoms. The molecule has 4 heterocycles. The summed E-state index contributed by atoms with van der Waals surface area (Å²) in [5.74, 6) is 2.99. The maximum Gasteiger partial charge on any atom is 0.416 e. The first-order chi connectivity index (χ1) is 16.8. The van der Waals surface area contributed by atoms with Crippen LogP contribution in [0.1, 0.15) is 73.7 Å². The Morgan fingerprint density at radius 1 is 1.11 bits per heavy atom. The van der Waals surface area contributed by atoms with E-state index in [1.165, 1.54) is 25.0 Å². The Bertz CT molecular complexity index is 1050. The third kappa shape index (κ3) is 4.76. The number of thioether (sulfide) groups is 1. The summed E-state index contributed by atoms with van der Waals surface area (Å²) in [4.78, 5) is 2.53. The average Bonchev–Trinajstić information content (AvgIpc) is 3.06. The van der Waals surface area contributed by atoms with Crippen molar-refractivity contribution < 1.29 is 17.9 Å². The highest BCUT2D eigenvalue weighted by Gasteiger charge is 2.57. The number of benzene rings is 1. The SMILES string of the molecule is Cn1c(SCCCN2CCC3(CC3c3ccc(C(F)(F)F)cc3)C2)nnc1C1CC2CCC(C1)O2. The molecule has 6 rings (SSSR count). The molecule has 190 valence electrons. The van der Waals surface area contributed by atoms with Gasteiger partial charge in [-0.2, -0.15) is 13.2 Å². The summed E-state index contributed by atoms with van der Waals surface area (Å²) >= 11 is 1.79. The van der Waals surface area contributed by atoms with E-state index in [1.54, 1.807) is 23.9 Å².